The van der Waals surface area contributed by atoms with Gasteiger partial charge >= 0.3 is 0 Å². The second-order valence-electron chi connectivity index (χ2n) is 6.07. The van der Waals surface area contributed by atoms with Crippen LogP contribution in [-0.2, 0) is 6.54 Å². The molecule has 2 rings (SSSR count). The smallest absolute Gasteiger partial charge is 0.0431 e. The summed E-state index contributed by atoms with van der Waals surface area (Å²) in [5.74, 6) is 0. The van der Waals surface area contributed by atoms with Crippen molar-refractivity contribution in [3.05, 3.63) is 70.3 Å². The first-order valence-electron chi connectivity index (χ1n) is 8.07. The molecule has 0 saturated heterocycles. The SMILES string of the molecule is Cc1cc(C)c(CNC(CCCO)c2ccccc2)cc1C. The van der Waals surface area contributed by atoms with Crippen LogP contribution in [0.15, 0.2) is 42.5 Å². The molecule has 0 amide bonds. The molecule has 2 heteroatoms. The molecule has 0 heterocycles. The van der Waals surface area contributed by atoms with Gasteiger partial charge in [0.1, 0.15) is 0 Å². The van der Waals surface area contributed by atoms with Crippen molar-refractivity contribution in [3.8, 4) is 0 Å². The van der Waals surface area contributed by atoms with E-state index in [0.29, 0.717) is 0 Å². The number of aliphatic hydroxyl groups is 1. The molecule has 2 N–H and O–H groups in total. The van der Waals surface area contributed by atoms with E-state index in [1.165, 1.54) is 27.8 Å². The van der Waals surface area contributed by atoms with Crippen molar-refractivity contribution < 1.29 is 5.11 Å². The number of aryl methyl sites for hydroxylation is 3. The summed E-state index contributed by atoms with van der Waals surface area (Å²) in [5.41, 5.74) is 6.67. The summed E-state index contributed by atoms with van der Waals surface area (Å²) in [7, 11) is 0. The van der Waals surface area contributed by atoms with Crippen LogP contribution in [0.25, 0.3) is 0 Å². The van der Waals surface area contributed by atoms with Gasteiger partial charge < -0.3 is 10.4 Å². The molecule has 0 aliphatic carbocycles. The first kappa shape index (κ1) is 16.7. The van der Waals surface area contributed by atoms with Gasteiger partial charge in [-0.15, -0.1) is 0 Å². The molecular formula is C20H27NO. The van der Waals surface area contributed by atoms with Gasteiger partial charge in [0, 0.05) is 19.2 Å². The summed E-state index contributed by atoms with van der Waals surface area (Å²) in [6.45, 7) is 7.60. The van der Waals surface area contributed by atoms with Crippen molar-refractivity contribution in [2.24, 2.45) is 0 Å². The second-order valence-corrected chi connectivity index (χ2v) is 6.07. The number of hydrogen-bond acceptors (Lipinski definition) is 2. The van der Waals surface area contributed by atoms with E-state index in [4.69, 9.17) is 5.11 Å². The van der Waals surface area contributed by atoms with Gasteiger partial charge in [-0.1, -0.05) is 42.5 Å². The van der Waals surface area contributed by atoms with Gasteiger partial charge in [-0.05, 0) is 61.4 Å². The van der Waals surface area contributed by atoms with Crippen LogP contribution in [-0.4, -0.2) is 11.7 Å². The van der Waals surface area contributed by atoms with Crippen LogP contribution in [0, 0.1) is 20.8 Å². The van der Waals surface area contributed by atoms with E-state index in [1.54, 1.807) is 0 Å². The maximum atomic E-state index is 9.13. The number of rotatable bonds is 7. The molecule has 0 bridgehead atoms. The lowest BCUT2D eigenvalue weighted by Gasteiger charge is -2.20. The van der Waals surface area contributed by atoms with Crippen LogP contribution in [0.4, 0.5) is 0 Å². The minimum absolute atomic E-state index is 0.244. The molecule has 22 heavy (non-hydrogen) atoms. The third-order valence-electron chi connectivity index (χ3n) is 4.34. The Hall–Kier alpha value is -1.64. The van der Waals surface area contributed by atoms with Gasteiger partial charge in [0.25, 0.3) is 0 Å². The van der Waals surface area contributed by atoms with Crippen LogP contribution in [0.3, 0.4) is 0 Å². The molecule has 2 aromatic carbocycles. The van der Waals surface area contributed by atoms with Gasteiger partial charge in [0.15, 0.2) is 0 Å². The molecule has 0 aliphatic heterocycles. The van der Waals surface area contributed by atoms with E-state index in [2.05, 4.69) is 62.5 Å². The molecule has 1 atom stereocenters. The van der Waals surface area contributed by atoms with Crippen molar-refractivity contribution in [1.29, 1.82) is 0 Å². The Morgan fingerprint density at radius 3 is 2.32 bits per heavy atom. The lowest BCUT2D eigenvalue weighted by Crippen LogP contribution is -2.22. The average molecular weight is 297 g/mol. The molecule has 118 valence electrons. The highest BCUT2D eigenvalue weighted by Crippen LogP contribution is 2.21. The number of hydrogen-bond donors (Lipinski definition) is 2. The Bertz CT molecular complexity index is 592. The van der Waals surface area contributed by atoms with E-state index in [-0.39, 0.29) is 12.6 Å². The first-order valence-corrected chi connectivity index (χ1v) is 8.07. The summed E-state index contributed by atoms with van der Waals surface area (Å²) in [5, 5.41) is 12.8. The standard InChI is InChI=1S/C20H27NO/c1-15-12-17(3)19(13-16(15)2)14-21-20(10-7-11-22)18-8-5-4-6-9-18/h4-6,8-9,12-13,20-22H,7,10-11,14H2,1-3H3. The Morgan fingerprint density at radius 1 is 0.955 bits per heavy atom. The Kier molecular flexibility index (Phi) is 6.17. The molecule has 0 fully saturated rings. The predicted octanol–water partition coefficient (Wildman–Crippen LogP) is 4.22. The second kappa shape index (κ2) is 8.11. The Labute approximate surface area is 134 Å². The molecule has 0 spiro atoms. The van der Waals surface area contributed by atoms with Gasteiger partial charge in [-0.3, -0.25) is 0 Å². The third kappa shape index (κ3) is 4.43. The molecule has 0 aliphatic rings. The first-order chi connectivity index (χ1) is 10.6. The van der Waals surface area contributed by atoms with Crippen molar-refractivity contribution in [2.45, 2.75) is 46.2 Å². The zero-order valence-electron chi connectivity index (χ0n) is 13.9. The zero-order chi connectivity index (χ0) is 15.9. The number of aliphatic hydroxyl groups excluding tert-OH is 1. The topological polar surface area (TPSA) is 32.3 Å². The Balaban J connectivity index is 2.10. The van der Waals surface area contributed by atoms with Crippen LogP contribution in [0.1, 0.15) is 46.7 Å². The molecule has 0 aromatic heterocycles. The third-order valence-corrected chi connectivity index (χ3v) is 4.34. The van der Waals surface area contributed by atoms with Crippen LogP contribution in [0.5, 0.6) is 0 Å². The summed E-state index contributed by atoms with van der Waals surface area (Å²) in [6.07, 6.45) is 1.77. The fraction of sp³-hybridized carbons (Fsp3) is 0.400. The quantitative estimate of drug-likeness (QED) is 0.802. The summed E-state index contributed by atoms with van der Waals surface area (Å²) >= 11 is 0. The van der Waals surface area contributed by atoms with Crippen molar-refractivity contribution in [1.82, 2.24) is 5.32 Å². The van der Waals surface area contributed by atoms with Gasteiger partial charge in [-0.25, -0.2) is 0 Å². The van der Waals surface area contributed by atoms with Crippen molar-refractivity contribution in [3.63, 3.8) is 0 Å². The normalized spacial score (nSPS) is 12.4. The maximum absolute atomic E-state index is 9.13. The van der Waals surface area contributed by atoms with E-state index >= 15 is 0 Å². The molecular weight excluding hydrogens is 270 g/mol. The van der Waals surface area contributed by atoms with Crippen LogP contribution < -0.4 is 5.32 Å². The van der Waals surface area contributed by atoms with Crippen molar-refractivity contribution >= 4 is 0 Å². The molecule has 0 saturated carbocycles. The average Bonchev–Trinajstić information content (AvgIpc) is 2.53. The summed E-state index contributed by atoms with van der Waals surface area (Å²) < 4.78 is 0. The van der Waals surface area contributed by atoms with Crippen molar-refractivity contribution in [2.75, 3.05) is 6.61 Å². The predicted molar refractivity (Wildman–Crippen MR) is 93.0 cm³/mol. The minimum Gasteiger partial charge on any atom is -0.396 e. The highest BCUT2D eigenvalue weighted by atomic mass is 16.2. The zero-order valence-corrected chi connectivity index (χ0v) is 13.9. The molecule has 0 radical (unpaired) electrons. The minimum atomic E-state index is 0.244. The fourth-order valence-electron chi connectivity index (χ4n) is 2.81. The Morgan fingerprint density at radius 2 is 1.64 bits per heavy atom. The number of benzene rings is 2. The largest absolute Gasteiger partial charge is 0.396 e. The fourth-order valence-corrected chi connectivity index (χ4v) is 2.81. The van der Waals surface area contributed by atoms with Crippen LogP contribution in [0.2, 0.25) is 0 Å². The molecule has 2 aromatic rings. The lowest BCUT2D eigenvalue weighted by atomic mass is 9.99. The maximum Gasteiger partial charge on any atom is 0.0431 e. The number of nitrogens with one attached hydrogen (secondary N) is 1. The monoisotopic (exact) mass is 297 g/mol. The highest BCUT2D eigenvalue weighted by molar-refractivity contribution is 5.36. The highest BCUT2D eigenvalue weighted by Gasteiger charge is 2.11. The van der Waals surface area contributed by atoms with E-state index in [9.17, 15) is 0 Å². The summed E-state index contributed by atoms with van der Waals surface area (Å²) in [4.78, 5) is 0. The van der Waals surface area contributed by atoms with E-state index in [0.717, 1.165) is 19.4 Å². The van der Waals surface area contributed by atoms with E-state index < -0.39 is 0 Å². The van der Waals surface area contributed by atoms with Gasteiger partial charge in [0.2, 0.25) is 0 Å². The van der Waals surface area contributed by atoms with Gasteiger partial charge in [0.05, 0.1) is 0 Å². The lowest BCUT2D eigenvalue weighted by molar-refractivity contribution is 0.275. The van der Waals surface area contributed by atoms with Gasteiger partial charge in [-0.2, -0.15) is 0 Å². The van der Waals surface area contributed by atoms with Crippen LogP contribution >= 0.6 is 0 Å². The molecule has 1 unspecified atom stereocenters. The summed E-state index contributed by atoms with van der Waals surface area (Å²) in [6, 6.07) is 15.3. The molecule has 2 nitrogen and oxygen atoms in total. The van der Waals surface area contributed by atoms with E-state index in [1.807, 2.05) is 6.07 Å².